The number of aliphatic carboxylic acids is 1. The van der Waals surface area contributed by atoms with Gasteiger partial charge in [-0.15, -0.1) is 11.3 Å². The fraction of sp³-hybridized carbons (Fsp3) is 0.188. The van der Waals surface area contributed by atoms with Crippen LogP contribution < -0.4 is 45.7 Å². The van der Waals surface area contributed by atoms with E-state index in [1.54, 1.807) is 29.6 Å². The number of nitrogens with two attached hydrogens (primary N) is 1. The van der Waals surface area contributed by atoms with Crippen LogP contribution in [0.2, 0.25) is 0 Å². The maximum Gasteiger partial charge on any atom is 1.00 e. The Balaban J connectivity index is 0.00000288. The van der Waals surface area contributed by atoms with Gasteiger partial charge in [-0.1, -0.05) is 29.8 Å². The number of nitrogens with one attached hydrogen (secondary N) is 1. The van der Waals surface area contributed by atoms with Crippen molar-refractivity contribution in [1.29, 1.82) is 0 Å². The number of anilines is 1. The summed E-state index contributed by atoms with van der Waals surface area (Å²) in [5, 5.41) is 15.8. The molecule has 8 heteroatoms. The largest absolute Gasteiger partial charge is 1.00 e. The van der Waals surface area contributed by atoms with E-state index in [1.807, 2.05) is 6.92 Å². The van der Waals surface area contributed by atoms with Gasteiger partial charge >= 0.3 is 29.6 Å². The summed E-state index contributed by atoms with van der Waals surface area (Å²) in [7, 11) is 0. The topological polar surface area (TPSA) is 112 Å². The predicted molar refractivity (Wildman–Crippen MR) is 85.0 cm³/mol. The molecule has 0 fully saturated rings. The summed E-state index contributed by atoms with van der Waals surface area (Å²) < 4.78 is 0. The van der Waals surface area contributed by atoms with Gasteiger partial charge in [0.15, 0.2) is 0 Å². The Labute approximate surface area is 165 Å². The minimum atomic E-state index is -1.33. The second-order valence-corrected chi connectivity index (χ2v) is 5.98. The fourth-order valence-electron chi connectivity index (χ4n) is 2.10. The number of amides is 2. The Morgan fingerprint density at radius 3 is 2.38 bits per heavy atom. The van der Waals surface area contributed by atoms with E-state index in [9.17, 15) is 19.5 Å². The van der Waals surface area contributed by atoms with Crippen molar-refractivity contribution in [2.75, 3.05) is 5.32 Å². The van der Waals surface area contributed by atoms with Crippen molar-refractivity contribution in [1.82, 2.24) is 0 Å². The van der Waals surface area contributed by atoms with Crippen LogP contribution in [-0.4, -0.2) is 17.8 Å². The van der Waals surface area contributed by atoms with E-state index in [2.05, 4.69) is 5.32 Å². The van der Waals surface area contributed by atoms with Crippen molar-refractivity contribution in [3.63, 3.8) is 0 Å². The number of hydrogen-bond donors (Lipinski definition) is 2. The van der Waals surface area contributed by atoms with Gasteiger partial charge in [-0.3, -0.25) is 9.59 Å². The standard InChI is InChI=1S/C16H16N2O4S.Na/c1-9-2-4-10(5-3-9)12(16(21)22)8-13(19)18-15-11(14(17)20)6-7-23-15;/h2-7,12H,8H2,1H3,(H2,17,20)(H,18,19)(H,21,22);/q;+1/p-1. The summed E-state index contributed by atoms with van der Waals surface area (Å²) in [4.78, 5) is 34.6. The van der Waals surface area contributed by atoms with Crippen molar-refractivity contribution >= 4 is 34.1 Å². The molecule has 2 aromatic rings. The van der Waals surface area contributed by atoms with Gasteiger partial charge in [0.1, 0.15) is 5.00 Å². The summed E-state index contributed by atoms with van der Waals surface area (Å²) >= 11 is 1.14. The van der Waals surface area contributed by atoms with E-state index in [-0.39, 0.29) is 41.5 Å². The van der Waals surface area contributed by atoms with Gasteiger partial charge in [-0.25, -0.2) is 0 Å². The molecule has 2 amide bonds. The molecule has 0 spiro atoms. The minimum Gasteiger partial charge on any atom is -0.549 e. The van der Waals surface area contributed by atoms with Gasteiger partial charge in [0.05, 0.1) is 5.56 Å². The zero-order chi connectivity index (χ0) is 17.0. The molecule has 0 aliphatic rings. The predicted octanol–water partition coefficient (Wildman–Crippen LogP) is -1.98. The third-order valence-electron chi connectivity index (χ3n) is 3.34. The molecule has 0 radical (unpaired) electrons. The minimum absolute atomic E-state index is 0. The van der Waals surface area contributed by atoms with Crippen LogP contribution in [0.1, 0.15) is 33.8 Å². The third kappa shape index (κ3) is 5.17. The number of carbonyl (C=O) groups excluding carboxylic acids is 3. The van der Waals surface area contributed by atoms with Crippen LogP contribution in [0, 0.1) is 6.92 Å². The smallest absolute Gasteiger partial charge is 0.549 e. The van der Waals surface area contributed by atoms with Crippen LogP contribution >= 0.6 is 11.3 Å². The van der Waals surface area contributed by atoms with Crippen LogP contribution in [0.25, 0.3) is 0 Å². The Kier molecular flexibility index (Phi) is 7.62. The van der Waals surface area contributed by atoms with Crippen LogP contribution in [0.3, 0.4) is 0 Å². The van der Waals surface area contributed by atoms with E-state index in [0.717, 1.165) is 16.9 Å². The molecule has 0 aliphatic heterocycles. The van der Waals surface area contributed by atoms with Gasteiger partial charge in [0.25, 0.3) is 5.91 Å². The number of hydrogen-bond acceptors (Lipinski definition) is 5. The van der Waals surface area contributed by atoms with E-state index in [0.29, 0.717) is 10.6 Å². The molecule has 1 heterocycles. The Bertz CT molecular complexity index is 743. The Hall–Kier alpha value is -1.67. The first-order valence-electron chi connectivity index (χ1n) is 6.83. The van der Waals surface area contributed by atoms with Gasteiger partial charge in [-0.2, -0.15) is 0 Å². The number of thiophene rings is 1. The number of primary amides is 1. The van der Waals surface area contributed by atoms with Crippen molar-refractivity contribution in [2.24, 2.45) is 5.73 Å². The number of rotatable bonds is 6. The molecule has 0 saturated carbocycles. The molecule has 1 aromatic heterocycles. The molecule has 0 saturated heterocycles. The van der Waals surface area contributed by atoms with Crippen molar-refractivity contribution in [3.8, 4) is 0 Å². The molecule has 0 aliphatic carbocycles. The second-order valence-electron chi connectivity index (χ2n) is 5.06. The van der Waals surface area contributed by atoms with Gasteiger partial charge in [0, 0.05) is 18.3 Å². The quantitative estimate of drug-likeness (QED) is 0.586. The Morgan fingerprint density at radius 1 is 1.21 bits per heavy atom. The van der Waals surface area contributed by atoms with E-state index >= 15 is 0 Å². The number of aryl methyl sites for hydroxylation is 1. The molecule has 1 aromatic carbocycles. The van der Waals surface area contributed by atoms with E-state index in [1.165, 1.54) is 6.07 Å². The first-order chi connectivity index (χ1) is 10.9. The maximum absolute atomic E-state index is 12.1. The molecule has 1 unspecified atom stereocenters. The summed E-state index contributed by atoms with van der Waals surface area (Å²) in [5.74, 6) is -3.57. The Morgan fingerprint density at radius 2 is 1.83 bits per heavy atom. The zero-order valence-electron chi connectivity index (χ0n) is 13.4. The summed E-state index contributed by atoms with van der Waals surface area (Å²) in [6, 6.07) is 8.35. The molecule has 6 nitrogen and oxygen atoms in total. The normalized spacial score (nSPS) is 11.2. The summed E-state index contributed by atoms with van der Waals surface area (Å²) in [6.45, 7) is 1.88. The van der Waals surface area contributed by atoms with Crippen LogP contribution in [0.5, 0.6) is 0 Å². The van der Waals surface area contributed by atoms with Crippen molar-refractivity contribution < 1.29 is 49.0 Å². The van der Waals surface area contributed by atoms with Crippen LogP contribution in [-0.2, 0) is 9.59 Å². The monoisotopic (exact) mass is 354 g/mol. The molecule has 1 atom stereocenters. The number of carbonyl (C=O) groups is 3. The van der Waals surface area contributed by atoms with Crippen LogP contribution in [0.15, 0.2) is 35.7 Å². The molecule has 2 rings (SSSR count). The summed E-state index contributed by atoms with van der Waals surface area (Å²) in [6.07, 6.45) is -0.290. The number of carboxylic acid groups (broad SMARTS) is 1. The molecule has 24 heavy (non-hydrogen) atoms. The van der Waals surface area contributed by atoms with Crippen molar-refractivity contribution in [2.45, 2.75) is 19.3 Å². The van der Waals surface area contributed by atoms with Crippen LogP contribution in [0.4, 0.5) is 5.00 Å². The zero-order valence-corrected chi connectivity index (χ0v) is 16.2. The van der Waals surface area contributed by atoms with Gasteiger partial charge in [0.2, 0.25) is 5.91 Å². The van der Waals surface area contributed by atoms with E-state index in [4.69, 9.17) is 5.73 Å². The average molecular weight is 354 g/mol. The van der Waals surface area contributed by atoms with Gasteiger partial charge in [-0.05, 0) is 23.9 Å². The summed E-state index contributed by atoms with van der Waals surface area (Å²) in [5.41, 5.74) is 6.88. The molecular weight excluding hydrogens is 339 g/mol. The number of carboxylic acids is 1. The number of benzene rings is 1. The maximum atomic E-state index is 12.1. The molecule has 0 bridgehead atoms. The first-order valence-corrected chi connectivity index (χ1v) is 7.71. The second kappa shape index (κ2) is 8.98. The van der Waals surface area contributed by atoms with Gasteiger partial charge < -0.3 is 21.0 Å². The molecular formula is C16H15N2NaO4S. The van der Waals surface area contributed by atoms with E-state index < -0.39 is 23.7 Å². The fourth-order valence-corrected chi connectivity index (χ4v) is 2.91. The molecule has 120 valence electrons. The molecule has 3 N–H and O–H groups in total. The first kappa shape index (κ1) is 20.4. The average Bonchev–Trinajstić information content (AvgIpc) is 2.94. The SMILES string of the molecule is Cc1ccc(C(CC(=O)Nc2sccc2C(N)=O)C(=O)[O-])cc1.[Na+]. The third-order valence-corrected chi connectivity index (χ3v) is 4.17. The van der Waals surface area contributed by atoms with Crippen molar-refractivity contribution in [3.05, 3.63) is 52.4 Å².